The number of hydrogen-bond acceptors (Lipinski definition) is 2. The maximum atomic E-state index is 12.8. The number of carbonyl (C=O) groups excluding carboxylic acids is 2. The van der Waals surface area contributed by atoms with Crippen molar-refractivity contribution in [3.8, 4) is 0 Å². The lowest BCUT2D eigenvalue weighted by Gasteiger charge is -2.11. The Hall–Kier alpha value is -2.93. The van der Waals surface area contributed by atoms with E-state index in [1.54, 1.807) is 18.2 Å². The van der Waals surface area contributed by atoms with Crippen molar-refractivity contribution in [2.24, 2.45) is 0 Å². The molecule has 3 aromatic rings. The highest BCUT2D eigenvalue weighted by molar-refractivity contribution is 14.1. The van der Waals surface area contributed by atoms with Gasteiger partial charge in [0.15, 0.2) is 0 Å². The minimum atomic E-state index is -0.318. The second-order valence-electron chi connectivity index (χ2n) is 6.42. The third-order valence-corrected chi connectivity index (χ3v) is 4.97. The lowest BCUT2D eigenvalue weighted by Crippen LogP contribution is -2.35. The van der Waals surface area contributed by atoms with E-state index in [9.17, 15) is 9.59 Å². The second-order valence-corrected chi connectivity index (χ2v) is 7.67. The molecule has 4 nitrogen and oxygen atoms in total. The first-order valence-corrected chi connectivity index (χ1v) is 10.4. The summed E-state index contributed by atoms with van der Waals surface area (Å²) in [5.74, 6) is -0.634. The van der Waals surface area contributed by atoms with E-state index in [-0.39, 0.29) is 17.5 Å². The monoisotopic (exact) mass is 496 g/mol. The van der Waals surface area contributed by atoms with Crippen molar-refractivity contribution in [3.63, 3.8) is 0 Å². The lowest BCUT2D eigenvalue weighted by molar-refractivity contribution is -0.117. The van der Waals surface area contributed by atoms with Crippen LogP contribution in [0.5, 0.6) is 0 Å². The summed E-state index contributed by atoms with van der Waals surface area (Å²) >= 11 is 2.18. The van der Waals surface area contributed by atoms with Crippen molar-refractivity contribution in [2.45, 2.75) is 6.42 Å². The fourth-order valence-electron chi connectivity index (χ4n) is 2.73. The van der Waals surface area contributed by atoms with Crippen LogP contribution in [-0.2, 0) is 11.2 Å². The van der Waals surface area contributed by atoms with Gasteiger partial charge < -0.3 is 10.6 Å². The molecule has 146 valence electrons. The number of halogens is 1. The predicted molar refractivity (Wildman–Crippen MR) is 124 cm³/mol. The Morgan fingerprint density at radius 2 is 1.45 bits per heavy atom. The summed E-state index contributed by atoms with van der Waals surface area (Å²) in [5.41, 5.74) is 2.70. The molecular formula is C24H21IN2O2. The van der Waals surface area contributed by atoms with Gasteiger partial charge >= 0.3 is 0 Å². The number of nitrogens with one attached hydrogen (secondary N) is 2. The molecule has 0 bridgehead atoms. The highest BCUT2D eigenvalue weighted by Gasteiger charge is 2.14. The molecule has 0 radical (unpaired) electrons. The van der Waals surface area contributed by atoms with Crippen LogP contribution in [0.15, 0.2) is 90.6 Å². The second kappa shape index (κ2) is 10.6. The van der Waals surface area contributed by atoms with Gasteiger partial charge in [-0.1, -0.05) is 60.7 Å². The standard InChI is InChI=1S/C24H21IN2O2/c25-21-13-11-20(12-14-21)23(28)27-22(17-19-9-5-2-6-10-19)24(29)26-16-15-18-7-3-1-4-8-18/h1-14,17H,15-16H2,(H,26,29)(H,27,28)/b22-17-. The van der Waals surface area contributed by atoms with Crippen LogP contribution in [0.4, 0.5) is 0 Å². The van der Waals surface area contributed by atoms with Gasteiger partial charge in [-0.2, -0.15) is 0 Å². The van der Waals surface area contributed by atoms with Gasteiger partial charge in [0, 0.05) is 15.7 Å². The lowest BCUT2D eigenvalue weighted by atomic mass is 10.1. The molecule has 0 unspecified atom stereocenters. The van der Waals surface area contributed by atoms with Crippen molar-refractivity contribution in [1.82, 2.24) is 10.6 Å². The van der Waals surface area contributed by atoms with E-state index in [1.165, 1.54) is 0 Å². The van der Waals surface area contributed by atoms with E-state index in [1.807, 2.05) is 72.8 Å². The normalized spacial score (nSPS) is 11.0. The minimum Gasteiger partial charge on any atom is -0.350 e. The summed E-state index contributed by atoms with van der Waals surface area (Å²) in [4.78, 5) is 25.4. The molecule has 0 saturated carbocycles. The van der Waals surface area contributed by atoms with Crippen LogP contribution in [0.3, 0.4) is 0 Å². The van der Waals surface area contributed by atoms with Gasteiger partial charge in [0.05, 0.1) is 0 Å². The van der Waals surface area contributed by atoms with E-state index >= 15 is 0 Å². The maximum absolute atomic E-state index is 12.8. The minimum absolute atomic E-state index is 0.216. The molecule has 0 atom stereocenters. The maximum Gasteiger partial charge on any atom is 0.267 e. The van der Waals surface area contributed by atoms with E-state index < -0.39 is 0 Å². The summed E-state index contributed by atoms with van der Waals surface area (Å²) in [5, 5.41) is 5.65. The van der Waals surface area contributed by atoms with Crippen molar-refractivity contribution < 1.29 is 9.59 Å². The van der Waals surface area contributed by atoms with Crippen LogP contribution in [0, 0.1) is 3.57 Å². The van der Waals surface area contributed by atoms with Gasteiger partial charge in [-0.3, -0.25) is 9.59 Å². The number of carbonyl (C=O) groups is 2. The number of rotatable bonds is 7. The molecule has 2 amide bonds. The quantitative estimate of drug-likeness (QED) is 0.376. The Balaban J connectivity index is 1.72. The van der Waals surface area contributed by atoms with Gasteiger partial charge in [-0.15, -0.1) is 0 Å². The van der Waals surface area contributed by atoms with Crippen LogP contribution in [-0.4, -0.2) is 18.4 Å². The molecular weight excluding hydrogens is 475 g/mol. The van der Waals surface area contributed by atoms with Gasteiger partial charge in [0.25, 0.3) is 11.8 Å². The largest absolute Gasteiger partial charge is 0.350 e. The van der Waals surface area contributed by atoms with Crippen LogP contribution in [0.2, 0.25) is 0 Å². The van der Waals surface area contributed by atoms with Crippen molar-refractivity contribution >= 4 is 40.5 Å². The Kier molecular flexibility index (Phi) is 7.58. The van der Waals surface area contributed by atoms with E-state index in [0.717, 1.165) is 21.1 Å². The third-order valence-electron chi connectivity index (χ3n) is 4.25. The average molecular weight is 496 g/mol. The first kappa shape index (κ1) is 20.8. The molecule has 0 saturated heterocycles. The molecule has 0 heterocycles. The molecule has 0 fully saturated rings. The Morgan fingerprint density at radius 1 is 0.828 bits per heavy atom. The smallest absolute Gasteiger partial charge is 0.267 e. The van der Waals surface area contributed by atoms with Crippen LogP contribution in [0.1, 0.15) is 21.5 Å². The summed E-state index contributed by atoms with van der Waals surface area (Å²) in [6, 6.07) is 26.6. The molecule has 0 aliphatic heterocycles. The third kappa shape index (κ3) is 6.57. The summed E-state index contributed by atoms with van der Waals surface area (Å²) < 4.78 is 1.04. The highest BCUT2D eigenvalue weighted by Crippen LogP contribution is 2.09. The van der Waals surface area contributed by atoms with Crippen LogP contribution >= 0.6 is 22.6 Å². The van der Waals surface area contributed by atoms with Gasteiger partial charge in [-0.05, 0) is 70.5 Å². The molecule has 0 aromatic heterocycles. The molecule has 2 N–H and O–H groups in total. The van der Waals surface area contributed by atoms with Gasteiger partial charge in [0.2, 0.25) is 0 Å². The van der Waals surface area contributed by atoms with Gasteiger partial charge in [-0.25, -0.2) is 0 Å². The van der Waals surface area contributed by atoms with Crippen LogP contribution < -0.4 is 10.6 Å². The van der Waals surface area contributed by atoms with E-state index in [0.29, 0.717) is 12.1 Å². The molecule has 0 spiro atoms. The van der Waals surface area contributed by atoms with Crippen molar-refractivity contribution in [3.05, 3.63) is 111 Å². The fraction of sp³-hybridized carbons (Fsp3) is 0.0833. The fourth-order valence-corrected chi connectivity index (χ4v) is 3.09. The molecule has 5 heteroatoms. The number of benzene rings is 3. The Labute approximate surface area is 184 Å². The zero-order valence-electron chi connectivity index (χ0n) is 15.8. The number of amides is 2. The molecule has 0 aliphatic carbocycles. The predicted octanol–water partition coefficient (Wildman–Crippen LogP) is 4.42. The van der Waals surface area contributed by atoms with Crippen molar-refractivity contribution in [1.29, 1.82) is 0 Å². The average Bonchev–Trinajstić information content (AvgIpc) is 2.75. The van der Waals surface area contributed by atoms with Gasteiger partial charge in [0.1, 0.15) is 5.70 Å². The zero-order chi connectivity index (χ0) is 20.5. The first-order chi connectivity index (χ1) is 14.1. The van der Waals surface area contributed by atoms with Crippen molar-refractivity contribution in [2.75, 3.05) is 6.54 Å². The molecule has 3 rings (SSSR count). The molecule has 0 aliphatic rings. The Morgan fingerprint density at radius 3 is 2.10 bits per heavy atom. The highest BCUT2D eigenvalue weighted by atomic mass is 127. The SMILES string of the molecule is O=C(NCCc1ccccc1)/C(=C/c1ccccc1)NC(=O)c1ccc(I)cc1. The summed E-state index contributed by atoms with van der Waals surface area (Å²) in [6.45, 7) is 0.481. The Bertz CT molecular complexity index is 984. The number of hydrogen-bond donors (Lipinski definition) is 2. The molecule has 29 heavy (non-hydrogen) atoms. The zero-order valence-corrected chi connectivity index (χ0v) is 17.9. The van der Waals surface area contributed by atoms with Crippen LogP contribution in [0.25, 0.3) is 6.08 Å². The summed E-state index contributed by atoms with van der Waals surface area (Å²) in [7, 11) is 0. The topological polar surface area (TPSA) is 58.2 Å². The van der Waals surface area contributed by atoms with E-state index in [2.05, 4.69) is 33.2 Å². The first-order valence-electron chi connectivity index (χ1n) is 9.27. The molecule has 3 aromatic carbocycles. The summed E-state index contributed by atoms with van der Waals surface area (Å²) in [6.07, 6.45) is 2.40. The van der Waals surface area contributed by atoms with E-state index in [4.69, 9.17) is 0 Å².